The minimum Gasteiger partial charge on any atom is -0.263 e. The van der Waals surface area contributed by atoms with Gasteiger partial charge in [-0.15, -0.1) is 5.10 Å². The molecule has 0 radical (unpaired) electrons. The summed E-state index contributed by atoms with van der Waals surface area (Å²) < 4.78 is 42.3. The van der Waals surface area contributed by atoms with E-state index in [2.05, 4.69) is 25.3 Å². The Morgan fingerprint density at radius 2 is 1.83 bits per heavy atom. The molecule has 0 fully saturated rings. The molecule has 0 aliphatic heterocycles. The largest absolute Gasteiger partial charge is 0.433 e. The van der Waals surface area contributed by atoms with Crippen molar-refractivity contribution in [2.75, 3.05) is 0 Å². The van der Waals surface area contributed by atoms with Crippen LogP contribution in [-0.2, 0) is 20.3 Å². The number of aryl methyl sites for hydroxylation is 2. The van der Waals surface area contributed by atoms with E-state index < -0.39 is 11.9 Å². The lowest BCUT2D eigenvalue weighted by Crippen LogP contribution is -2.11. The fourth-order valence-corrected chi connectivity index (χ4v) is 2.39. The van der Waals surface area contributed by atoms with Gasteiger partial charge in [-0.05, 0) is 6.07 Å². The first-order valence-electron chi connectivity index (χ1n) is 6.49. The van der Waals surface area contributed by atoms with Crippen LogP contribution in [0.25, 0.3) is 28.2 Å². The Morgan fingerprint density at radius 1 is 1.04 bits per heavy atom. The van der Waals surface area contributed by atoms with Crippen LogP contribution in [0.3, 0.4) is 0 Å². The van der Waals surface area contributed by atoms with Crippen molar-refractivity contribution in [3.63, 3.8) is 0 Å². The average molecular weight is 322 g/mol. The molecule has 4 aromatic rings. The lowest BCUT2D eigenvalue weighted by molar-refractivity contribution is -0.143. The summed E-state index contributed by atoms with van der Waals surface area (Å²) in [6.45, 7) is 0. The summed E-state index contributed by atoms with van der Waals surface area (Å²) in [5, 5.41) is 12.7. The van der Waals surface area contributed by atoms with E-state index in [0.717, 1.165) is 10.7 Å². The SMILES string of the molecule is Cn1nc(-c2nc3c4cnn(C)c4ncn3n2)cc1C(F)(F)F. The van der Waals surface area contributed by atoms with Gasteiger partial charge in [-0.1, -0.05) is 0 Å². The van der Waals surface area contributed by atoms with E-state index in [0.29, 0.717) is 16.7 Å². The first kappa shape index (κ1) is 13.7. The van der Waals surface area contributed by atoms with Gasteiger partial charge >= 0.3 is 6.18 Å². The zero-order valence-electron chi connectivity index (χ0n) is 11.9. The van der Waals surface area contributed by atoms with Crippen LogP contribution in [0.15, 0.2) is 18.6 Å². The smallest absolute Gasteiger partial charge is 0.263 e. The Balaban J connectivity index is 1.91. The van der Waals surface area contributed by atoms with Crippen molar-refractivity contribution >= 4 is 16.7 Å². The van der Waals surface area contributed by atoms with Gasteiger partial charge in [0.25, 0.3) is 0 Å². The summed E-state index contributed by atoms with van der Waals surface area (Å²) in [5.41, 5.74) is 0.238. The highest BCUT2D eigenvalue weighted by Crippen LogP contribution is 2.31. The van der Waals surface area contributed by atoms with Gasteiger partial charge in [0.15, 0.2) is 11.3 Å². The highest BCUT2D eigenvalue weighted by molar-refractivity contribution is 5.88. The summed E-state index contributed by atoms with van der Waals surface area (Å²) in [7, 11) is 2.96. The molecule has 0 atom stereocenters. The maximum absolute atomic E-state index is 12.9. The minimum atomic E-state index is -4.49. The molecule has 0 saturated heterocycles. The summed E-state index contributed by atoms with van der Waals surface area (Å²) in [6, 6.07) is 0.919. The van der Waals surface area contributed by atoms with E-state index in [1.54, 1.807) is 17.9 Å². The van der Waals surface area contributed by atoms with Crippen LogP contribution in [-0.4, -0.2) is 39.1 Å². The molecule has 0 aliphatic carbocycles. The van der Waals surface area contributed by atoms with Crippen LogP contribution in [0.1, 0.15) is 5.69 Å². The molecular weight excluding hydrogens is 313 g/mol. The second-order valence-corrected chi connectivity index (χ2v) is 4.99. The highest BCUT2D eigenvalue weighted by Gasteiger charge is 2.35. The van der Waals surface area contributed by atoms with Gasteiger partial charge in [0.05, 0.1) is 11.6 Å². The van der Waals surface area contributed by atoms with E-state index in [-0.39, 0.29) is 11.5 Å². The number of hydrogen-bond donors (Lipinski definition) is 0. The van der Waals surface area contributed by atoms with Crippen LogP contribution < -0.4 is 0 Å². The Kier molecular flexibility index (Phi) is 2.54. The van der Waals surface area contributed by atoms with Crippen LogP contribution in [0.4, 0.5) is 13.2 Å². The summed E-state index contributed by atoms with van der Waals surface area (Å²) in [6.07, 6.45) is -1.48. The van der Waals surface area contributed by atoms with E-state index in [9.17, 15) is 13.2 Å². The average Bonchev–Trinajstić information content (AvgIpc) is 3.13. The Labute approximate surface area is 126 Å². The maximum Gasteiger partial charge on any atom is 0.433 e. The second kappa shape index (κ2) is 4.27. The zero-order chi connectivity index (χ0) is 16.4. The molecule has 0 N–H and O–H groups in total. The van der Waals surface area contributed by atoms with Gasteiger partial charge in [-0.3, -0.25) is 9.36 Å². The molecule has 23 heavy (non-hydrogen) atoms. The number of aromatic nitrogens is 8. The minimum absolute atomic E-state index is 0.0422. The van der Waals surface area contributed by atoms with Crippen molar-refractivity contribution < 1.29 is 13.2 Å². The maximum atomic E-state index is 12.9. The molecular formula is C12H9F3N8. The third-order valence-electron chi connectivity index (χ3n) is 3.47. The molecule has 0 aliphatic rings. The third-order valence-corrected chi connectivity index (χ3v) is 3.47. The molecule has 4 aromatic heterocycles. The topological polar surface area (TPSA) is 78.7 Å². The molecule has 0 amide bonds. The standard InChI is InChI=1S/C12H9F3N8/c1-21-8(12(13,14)15)3-7(19-21)9-18-11-6-4-17-22(2)10(6)16-5-23(11)20-9/h3-5H,1-2H3. The Hall–Kier alpha value is -2.98. The molecule has 0 saturated carbocycles. The summed E-state index contributed by atoms with van der Waals surface area (Å²) in [5.74, 6) is 0.0919. The molecule has 0 unspecified atom stereocenters. The van der Waals surface area contributed by atoms with Gasteiger partial charge in [0, 0.05) is 14.1 Å². The van der Waals surface area contributed by atoms with Crippen molar-refractivity contribution in [3.05, 3.63) is 24.3 Å². The predicted molar refractivity (Wildman–Crippen MR) is 72.3 cm³/mol. The van der Waals surface area contributed by atoms with E-state index in [1.165, 1.54) is 17.9 Å². The van der Waals surface area contributed by atoms with Crippen LogP contribution in [0, 0.1) is 0 Å². The van der Waals surface area contributed by atoms with Gasteiger partial charge in [0.2, 0.25) is 5.82 Å². The number of fused-ring (bicyclic) bond motifs is 3. The van der Waals surface area contributed by atoms with Crippen LogP contribution >= 0.6 is 0 Å². The lowest BCUT2D eigenvalue weighted by Gasteiger charge is -2.04. The molecule has 118 valence electrons. The van der Waals surface area contributed by atoms with Gasteiger partial charge < -0.3 is 0 Å². The number of nitrogens with zero attached hydrogens (tertiary/aromatic N) is 8. The van der Waals surface area contributed by atoms with Gasteiger partial charge in [0.1, 0.15) is 17.7 Å². The van der Waals surface area contributed by atoms with Crippen molar-refractivity contribution in [3.8, 4) is 11.5 Å². The molecule has 11 heteroatoms. The predicted octanol–water partition coefficient (Wildman–Crippen LogP) is 1.43. The molecule has 0 aromatic carbocycles. The number of halogens is 3. The number of hydrogen-bond acceptors (Lipinski definition) is 5. The molecule has 8 nitrogen and oxygen atoms in total. The first-order chi connectivity index (χ1) is 10.8. The normalized spacial score (nSPS) is 12.6. The zero-order valence-corrected chi connectivity index (χ0v) is 11.9. The highest BCUT2D eigenvalue weighted by atomic mass is 19.4. The first-order valence-corrected chi connectivity index (χ1v) is 6.49. The Bertz CT molecular complexity index is 1040. The van der Waals surface area contributed by atoms with Crippen molar-refractivity contribution in [2.24, 2.45) is 14.1 Å². The van der Waals surface area contributed by atoms with Crippen LogP contribution in [0.5, 0.6) is 0 Å². The molecule has 4 heterocycles. The summed E-state index contributed by atoms with van der Waals surface area (Å²) in [4.78, 5) is 8.47. The quantitative estimate of drug-likeness (QED) is 0.530. The van der Waals surface area contributed by atoms with E-state index >= 15 is 0 Å². The summed E-state index contributed by atoms with van der Waals surface area (Å²) >= 11 is 0. The lowest BCUT2D eigenvalue weighted by atomic mass is 10.3. The number of rotatable bonds is 1. The van der Waals surface area contributed by atoms with Gasteiger partial charge in [-0.2, -0.15) is 23.4 Å². The number of alkyl halides is 3. The van der Waals surface area contributed by atoms with E-state index in [4.69, 9.17) is 0 Å². The molecule has 0 spiro atoms. The van der Waals surface area contributed by atoms with Gasteiger partial charge in [-0.25, -0.2) is 14.5 Å². The van der Waals surface area contributed by atoms with E-state index in [1.807, 2.05) is 0 Å². The van der Waals surface area contributed by atoms with Crippen LogP contribution in [0.2, 0.25) is 0 Å². The van der Waals surface area contributed by atoms with Crippen molar-refractivity contribution in [1.82, 2.24) is 39.1 Å². The second-order valence-electron chi connectivity index (χ2n) is 4.99. The molecule has 4 rings (SSSR count). The fraction of sp³-hybridized carbons (Fsp3) is 0.250. The monoisotopic (exact) mass is 322 g/mol. The fourth-order valence-electron chi connectivity index (χ4n) is 2.39. The third kappa shape index (κ3) is 1.96. The van der Waals surface area contributed by atoms with Crippen molar-refractivity contribution in [1.29, 1.82) is 0 Å². The molecule has 0 bridgehead atoms. The van der Waals surface area contributed by atoms with Crippen molar-refractivity contribution in [2.45, 2.75) is 6.18 Å². The Morgan fingerprint density at radius 3 is 2.52 bits per heavy atom.